The van der Waals surface area contributed by atoms with Crippen LogP contribution in [-0.2, 0) is 9.22 Å². The van der Waals surface area contributed by atoms with E-state index < -0.39 is 8.32 Å². The van der Waals surface area contributed by atoms with Crippen molar-refractivity contribution in [2.45, 2.75) is 45.4 Å². The summed E-state index contributed by atoms with van der Waals surface area (Å²) in [6.45, 7) is 5.98. The molecule has 0 bridgehead atoms. The third-order valence-electron chi connectivity index (χ3n) is 4.09. The zero-order valence-electron chi connectivity index (χ0n) is 12.0. The van der Waals surface area contributed by atoms with Crippen LogP contribution >= 0.6 is 0 Å². The minimum absolute atomic E-state index is 0.121. The molecule has 102 valence electrons. The van der Waals surface area contributed by atoms with Crippen LogP contribution in [0, 0.1) is 0 Å². The van der Waals surface area contributed by atoms with E-state index in [4.69, 9.17) is 4.43 Å². The summed E-state index contributed by atoms with van der Waals surface area (Å²) in [5.41, 5.74) is 1.22. The minimum atomic E-state index is -2.06. The number of rotatable bonds is 4. The highest BCUT2D eigenvalue weighted by atomic mass is 28.4. The molecule has 1 unspecified atom stereocenters. The fraction of sp³-hybridized carbons (Fsp3) is 0.438. The number of benzene rings is 1. The summed E-state index contributed by atoms with van der Waals surface area (Å²) in [7, 11) is -2.06. The van der Waals surface area contributed by atoms with Crippen LogP contribution in [0.5, 0.6) is 0 Å². The Morgan fingerprint density at radius 2 is 1.89 bits per heavy atom. The van der Waals surface area contributed by atoms with Gasteiger partial charge in [-0.05, 0) is 31.0 Å². The van der Waals surface area contributed by atoms with Crippen molar-refractivity contribution < 1.29 is 9.22 Å². The molecule has 1 aliphatic heterocycles. The van der Waals surface area contributed by atoms with Crippen molar-refractivity contribution in [1.29, 1.82) is 0 Å². The molecule has 0 aliphatic carbocycles. The lowest BCUT2D eigenvalue weighted by atomic mass is 10.1. The fourth-order valence-corrected chi connectivity index (χ4v) is 6.56. The molecule has 1 aromatic carbocycles. The van der Waals surface area contributed by atoms with Gasteiger partial charge in [-0.3, -0.25) is 4.79 Å². The van der Waals surface area contributed by atoms with Crippen LogP contribution in [0.25, 0.3) is 0 Å². The molecule has 1 aliphatic rings. The molecule has 1 heterocycles. The van der Waals surface area contributed by atoms with Crippen molar-refractivity contribution >= 4 is 14.1 Å². The highest BCUT2D eigenvalue weighted by molar-refractivity contribution is 6.85. The molecule has 0 fully saturated rings. The molecule has 0 saturated heterocycles. The molecule has 0 spiro atoms. The van der Waals surface area contributed by atoms with E-state index in [-0.39, 0.29) is 11.9 Å². The van der Waals surface area contributed by atoms with Crippen LogP contribution in [0.2, 0.25) is 12.1 Å². The van der Waals surface area contributed by atoms with Crippen molar-refractivity contribution in [3.8, 4) is 0 Å². The van der Waals surface area contributed by atoms with Gasteiger partial charge in [0.1, 0.15) is 0 Å². The van der Waals surface area contributed by atoms with Gasteiger partial charge in [0.2, 0.25) is 8.32 Å². The third kappa shape index (κ3) is 2.72. The van der Waals surface area contributed by atoms with E-state index in [9.17, 15) is 4.79 Å². The Morgan fingerprint density at radius 3 is 2.42 bits per heavy atom. The van der Waals surface area contributed by atoms with Gasteiger partial charge in [-0.2, -0.15) is 0 Å². The first kappa shape index (κ1) is 14.2. The van der Waals surface area contributed by atoms with Crippen LogP contribution in [0.1, 0.15) is 38.9 Å². The number of carbonyl (C=O) groups excluding carboxylic acids is 1. The number of carbonyl (C=O) groups is 1. The maximum absolute atomic E-state index is 11.9. The summed E-state index contributed by atoms with van der Waals surface area (Å²) < 4.78 is 6.48. The Kier molecular flexibility index (Phi) is 4.37. The van der Waals surface area contributed by atoms with E-state index >= 15 is 0 Å². The second-order valence-electron chi connectivity index (χ2n) is 5.13. The summed E-state index contributed by atoms with van der Waals surface area (Å²) in [6.07, 6.45) is 3.08. The molecule has 0 aromatic heterocycles. The number of ketones is 1. The first-order chi connectivity index (χ1) is 9.13. The Bertz CT molecular complexity index is 475. The fourth-order valence-electron chi connectivity index (χ4n) is 2.93. The normalized spacial score (nSPS) is 21.8. The van der Waals surface area contributed by atoms with Gasteiger partial charge in [0, 0.05) is 5.20 Å². The average Bonchev–Trinajstić information content (AvgIpc) is 2.47. The van der Waals surface area contributed by atoms with E-state index in [1.165, 1.54) is 5.56 Å². The first-order valence-corrected chi connectivity index (χ1v) is 9.39. The highest BCUT2D eigenvalue weighted by Crippen LogP contribution is 2.38. The van der Waals surface area contributed by atoms with Crippen molar-refractivity contribution in [3.63, 3.8) is 0 Å². The molecular formula is C16H22O2Si. The number of allylic oxidation sites excluding steroid dienone is 1. The zero-order valence-corrected chi connectivity index (χ0v) is 13.0. The zero-order chi connectivity index (χ0) is 13.9. The standard InChI is InChI=1S/C16H22O2Si/c1-4-19(5-2)16(13(3)17)12-11-15(18-19)14-9-7-6-8-10-14/h6-10,12,15H,4-5,11H2,1-3H3. The molecule has 0 amide bonds. The highest BCUT2D eigenvalue weighted by Gasteiger charge is 2.42. The average molecular weight is 274 g/mol. The molecule has 0 radical (unpaired) electrons. The second-order valence-corrected chi connectivity index (χ2v) is 9.31. The Balaban J connectivity index is 2.34. The maximum atomic E-state index is 11.9. The topological polar surface area (TPSA) is 26.3 Å². The lowest BCUT2D eigenvalue weighted by molar-refractivity contribution is -0.113. The van der Waals surface area contributed by atoms with E-state index in [0.29, 0.717) is 0 Å². The van der Waals surface area contributed by atoms with Crippen molar-refractivity contribution in [2.24, 2.45) is 0 Å². The largest absolute Gasteiger partial charge is 0.405 e. The SMILES string of the molecule is CC[Si]1(CC)OC(c2ccccc2)CC=C1C(C)=O. The van der Waals surface area contributed by atoms with Gasteiger partial charge in [0.15, 0.2) is 5.78 Å². The Hall–Kier alpha value is -1.19. The number of Topliss-reactive ketones (excluding diaryl/α,β-unsaturated/α-hetero) is 1. The summed E-state index contributed by atoms with van der Waals surface area (Å²) >= 11 is 0. The molecule has 19 heavy (non-hydrogen) atoms. The Labute approximate surface area is 116 Å². The lowest BCUT2D eigenvalue weighted by Gasteiger charge is -2.38. The predicted molar refractivity (Wildman–Crippen MR) is 80.4 cm³/mol. The summed E-state index contributed by atoms with van der Waals surface area (Å²) in [6, 6.07) is 12.3. The summed E-state index contributed by atoms with van der Waals surface area (Å²) in [5, 5.41) is 0.990. The molecule has 1 aromatic rings. The molecule has 2 nitrogen and oxygen atoms in total. The van der Waals surface area contributed by atoms with E-state index in [0.717, 1.165) is 23.7 Å². The van der Waals surface area contributed by atoms with Gasteiger partial charge in [-0.1, -0.05) is 50.3 Å². The van der Waals surface area contributed by atoms with Crippen molar-refractivity contribution in [3.05, 3.63) is 47.2 Å². The molecule has 2 rings (SSSR count). The van der Waals surface area contributed by atoms with E-state index in [1.807, 2.05) is 18.2 Å². The van der Waals surface area contributed by atoms with Crippen LogP contribution in [0.3, 0.4) is 0 Å². The van der Waals surface area contributed by atoms with Gasteiger partial charge < -0.3 is 4.43 Å². The smallest absolute Gasteiger partial charge is 0.227 e. The van der Waals surface area contributed by atoms with Gasteiger partial charge in [-0.25, -0.2) is 0 Å². The number of hydrogen-bond donors (Lipinski definition) is 0. The summed E-state index contributed by atoms with van der Waals surface area (Å²) in [5.74, 6) is 0.196. The number of hydrogen-bond acceptors (Lipinski definition) is 2. The van der Waals surface area contributed by atoms with Crippen LogP contribution in [-0.4, -0.2) is 14.1 Å². The van der Waals surface area contributed by atoms with Crippen molar-refractivity contribution in [2.75, 3.05) is 0 Å². The predicted octanol–water partition coefficient (Wildman–Crippen LogP) is 4.19. The Morgan fingerprint density at radius 1 is 1.26 bits per heavy atom. The van der Waals surface area contributed by atoms with E-state index in [2.05, 4.69) is 32.1 Å². The first-order valence-electron chi connectivity index (χ1n) is 7.07. The quantitative estimate of drug-likeness (QED) is 0.770. The van der Waals surface area contributed by atoms with E-state index in [1.54, 1.807) is 6.92 Å². The maximum Gasteiger partial charge on any atom is 0.227 e. The monoisotopic (exact) mass is 274 g/mol. The molecular weight excluding hydrogens is 252 g/mol. The van der Waals surface area contributed by atoms with Crippen molar-refractivity contribution in [1.82, 2.24) is 0 Å². The molecule has 1 atom stereocenters. The molecule has 3 heteroatoms. The summed E-state index contributed by atoms with van der Waals surface area (Å²) in [4.78, 5) is 11.9. The van der Waals surface area contributed by atoms with Gasteiger partial charge in [0.05, 0.1) is 6.10 Å². The van der Waals surface area contributed by atoms with Gasteiger partial charge >= 0.3 is 0 Å². The second kappa shape index (κ2) is 5.84. The minimum Gasteiger partial charge on any atom is -0.405 e. The lowest BCUT2D eigenvalue weighted by Crippen LogP contribution is -2.45. The third-order valence-corrected chi connectivity index (χ3v) is 8.65. The molecule has 0 saturated carbocycles. The van der Waals surface area contributed by atoms with Gasteiger partial charge in [-0.15, -0.1) is 0 Å². The van der Waals surface area contributed by atoms with Crippen LogP contribution < -0.4 is 0 Å². The van der Waals surface area contributed by atoms with Crippen LogP contribution in [0.4, 0.5) is 0 Å². The van der Waals surface area contributed by atoms with Crippen LogP contribution in [0.15, 0.2) is 41.6 Å². The molecule has 0 N–H and O–H groups in total. The van der Waals surface area contributed by atoms with Gasteiger partial charge in [0.25, 0.3) is 0 Å².